The van der Waals surface area contributed by atoms with Crippen molar-refractivity contribution in [2.24, 2.45) is 0 Å². The van der Waals surface area contributed by atoms with Crippen molar-refractivity contribution < 1.29 is 22.0 Å². The summed E-state index contributed by atoms with van der Waals surface area (Å²) >= 11 is 0. The molecular formula is C12H14F2N2O3S. The summed E-state index contributed by atoms with van der Waals surface area (Å²) < 4.78 is 48.9. The van der Waals surface area contributed by atoms with Crippen LogP contribution in [0.4, 0.5) is 14.5 Å². The third-order valence-corrected chi connectivity index (χ3v) is 5.15. The van der Waals surface area contributed by atoms with Gasteiger partial charge < -0.3 is 10.6 Å². The van der Waals surface area contributed by atoms with Crippen molar-refractivity contribution in [3.63, 3.8) is 0 Å². The molecule has 1 aliphatic rings. The van der Waals surface area contributed by atoms with Crippen LogP contribution in [0.1, 0.15) is 16.8 Å². The largest absolute Gasteiger partial charge is 0.398 e. The fourth-order valence-corrected chi connectivity index (χ4v) is 3.96. The van der Waals surface area contributed by atoms with Crippen molar-refractivity contribution in [1.29, 1.82) is 0 Å². The average Bonchev–Trinajstić information content (AvgIpc) is 2.72. The zero-order valence-electron chi connectivity index (χ0n) is 10.8. The van der Waals surface area contributed by atoms with E-state index in [1.807, 2.05) is 0 Å². The molecule has 1 amide bonds. The van der Waals surface area contributed by atoms with E-state index in [1.54, 1.807) is 0 Å². The molecule has 1 atom stereocenters. The Bertz CT molecular complexity index is 661. The molecule has 0 aliphatic carbocycles. The number of amides is 1. The number of sulfone groups is 1. The SMILES string of the molecule is CN(C(=O)c1cc(F)c(F)cc1N)C1CCS(=O)(=O)C1. The van der Waals surface area contributed by atoms with Gasteiger partial charge in [-0.15, -0.1) is 0 Å². The smallest absolute Gasteiger partial charge is 0.256 e. The molecule has 8 heteroatoms. The first-order chi connectivity index (χ1) is 9.21. The zero-order chi connectivity index (χ0) is 15.1. The summed E-state index contributed by atoms with van der Waals surface area (Å²) in [5.41, 5.74) is 5.16. The van der Waals surface area contributed by atoms with E-state index in [-0.39, 0.29) is 22.8 Å². The van der Waals surface area contributed by atoms with Crippen molar-refractivity contribution in [2.45, 2.75) is 12.5 Å². The number of halogens is 2. The number of nitrogen functional groups attached to an aromatic ring is 1. The van der Waals surface area contributed by atoms with Crippen LogP contribution in [0.3, 0.4) is 0 Å². The van der Waals surface area contributed by atoms with E-state index in [4.69, 9.17) is 5.73 Å². The highest BCUT2D eigenvalue weighted by atomic mass is 32.2. The monoisotopic (exact) mass is 304 g/mol. The molecule has 20 heavy (non-hydrogen) atoms. The lowest BCUT2D eigenvalue weighted by molar-refractivity contribution is 0.0748. The molecule has 0 radical (unpaired) electrons. The summed E-state index contributed by atoms with van der Waals surface area (Å²) in [5, 5.41) is 0. The van der Waals surface area contributed by atoms with Crippen LogP contribution in [-0.4, -0.2) is 43.8 Å². The molecule has 0 saturated carbocycles. The molecular weight excluding hydrogens is 290 g/mol. The fraction of sp³-hybridized carbons (Fsp3) is 0.417. The standard InChI is InChI=1S/C12H14F2N2O3S/c1-16(7-2-3-20(18,19)6-7)12(17)8-4-9(13)10(14)5-11(8)15/h4-5,7H,2-3,6,15H2,1H3. The highest BCUT2D eigenvalue weighted by molar-refractivity contribution is 7.91. The maximum Gasteiger partial charge on any atom is 0.256 e. The van der Waals surface area contributed by atoms with Gasteiger partial charge in [-0.25, -0.2) is 17.2 Å². The summed E-state index contributed by atoms with van der Waals surface area (Å²) in [5.74, 6) is -3.04. The zero-order valence-corrected chi connectivity index (χ0v) is 11.6. The molecule has 0 aromatic heterocycles. The van der Waals surface area contributed by atoms with Crippen molar-refractivity contribution >= 4 is 21.4 Å². The minimum atomic E-state index is -3.14. The van der Waals surface area contributed by atoms with E-state index in [2.05, 4.69) is 0 Å². The quantitative estimate of drug-likeness (QED) is 0.820. The molecule has 2 N–H and O–H groups in total. The summed E-state index contributed by atoms with van der Waals surface area (Å²) in [6.07, 6.45) is 0.328. The lowest BCUT2D eigenvalue weighted by atomic mass is 10.1. The average molecular weight is 304 g/mol. The van der Waals surface area contributed by atoms with Gasteiger partial charge >= 0.3 is 0 Å². The number of rotatable bonds is 2. The first-order valence-corrected chi connectivity index (χ1v) is 7.75. The second-order valence-corrected chi connectivity index (χ2v) is 7.06. The Morgan fingerprint density at radius 2 is 1.95 bits per heavy atom. The molecule has 1 saturated heterocycles. The van der Waals surface area contributed by atoms with Gasteiger partial charge in [-0.1, -0.05) is 0 Å². The first kappa shape index (κ1) is 14.7. The molecule has 1 heterocycles. The number of carbonyl (C=O) groups is 1. The van der Waals surface area contributed by atoms with E-state index in [0.29, 0.717) is 6.42 Å². The van der Waals surface area contributed by atoms with Gasteiger partial charge in [-0.3, -0.25) is 4.79 Å². The van der Waals surface area contributed by atoms with Crippen LogP contribution in [0.2, 0.25) is 0 Å². The number of carbonyl (C=O) groups excluding carboxylic acids is 1. The minimum absolute atomic E-state index is 0.0164. The maximum atomic E-state index is 13.2. The Balaban J connectivity index is 2.26. The van der Waals surface area contributed by atoms with Crippen LogP contribution in [-0.2, 0) is 9.84 Å². The highest BCUT2D eigenvalue weighted by Crippen LogP contribution is 2.22. The molecule has 1 aromatic rings. The predicted octanol–water partition coefficient (Wildman–Crippen LogP) is 0.806. The molecule has 0 spiro atoms. The predicted molar refractivity (Wildman–Crippen MR) is 69.9 cm³/mol. The number of nitrogens with two attached hydrogens (primary N) is 1. The van der Waals surface area contributed by atoms with E-state index in [9.17, 15) is 22.0 Å². The van der Waals surface area contributed by atoms with Crippen LogP contribution in [0.25, 0.3) is 0 Å². The second-order valence-electron chi connectivity index (χ2n) is 4.83. The third kappa shape index (κ3) is 2.74. The van der Waals surface area contributed by atoms with Crippen LogP contribution in [0.5, 0.6) is 0 Å². The van der Waals surface area contributed by atoms with Gasteiger partial charge in [-0.05, 0) is 12.5 Å². The third-order valence-electron chi connectivity index (χ3n) is 3.40. The molecule has 2 rings (SSSR count). The van der Waals surface area contributed by atoms with Gasteiger partial charge in [-0.2, -0.15) is 0 Å². The normalized spacial score (nSPS) is 20.9. The highest BCUT2D eigenvalue weighted by Gasteiger charge is 2.33. The van der Waals surface area contributed by atoms with Gasteiger partial charge in [0, 0.05) is 24.8 Å². The first-order valence-electron chi connectivity index (χ1n) is 5.93. The summed E-state index contributed by atoms with van der Waals surface area (Å²) in [6.45, 7) is 0. The van der Waals surface area contributed by atoms with Gasteiger partial charge in [0.05, 0.1) is 17.1 Å². The Labute approximate surface area is 115 Å². The Morgan fingerprint density at radius 1 is 1.35 bits per heavy atom. The molecule has 5 nitrogen and oxygen atoms in total. The van der Waals surface area contributed by atoms with E-state index in [1.165, 1.54) is 11.9 Å². The van der Waals surface area contributed by atoms with Crippen LogP contribution in [0.15, 0.2) is 12.1 Å². The van der Waals surface area contributed by atoms with Crippen molar-refractivity contribution in [1.82, 2.24) is 4.90 Å². The number of hydrogen-bond donors (Lipinski definition) is 1. The van der Waals surface area contributed by atoms with Crippen molar-refractivity contribution in [2.75, 3.05) is 24.3 Å². The van der Waals surface area contributed by atoms with E-state index < -0.39 is 33.4 Å². The summed E-state index contributed by atoms with van der Waals surface area (Å²) in [4.78, 5) is 13.4. The van der Waals surface area contributed by atoms with E-state index in [0.717, 1.165) is 12.1 Å². The summed E-state index contributed by atoms with van der Waals surface area (Å²) in [7, 11) is -1.72. The summed E-state index contributed by atoms with van der Waals surface area (Å²) in [6, 6.07) is 0.995. The van der Waals surface area contributed by atoms with E-state index >= 15 is 0 Å². The molecule has 1 aromatic carbocycles. The molecule has 0 bridgehead atoms. The topological polar surface area (TPSA) is 80.5 Å². The Morgan fingerprint density at radius 3 is 2.50 bits per heavy atom. The minimum Gasteiger partial charge on any atom is -0.398 e. The van der Waals surface area contributed by atoms with Crippen molar-refractivity contribution in [3.05, 3.63) is 29.3 Å². The van der Waals surface area contributed by atoms with Gasteiger partial charge in [0.25, 0.3) is 5.91 Å². The fourth-order valence-electron chi connectivity index (χ4n) is 2.18. The lowest BCUT2D eigenvalue weighted by Gasteiger charge is -2.24. The van der Waals surface area contributed by atoms with Gasteiger partial charge in [0.15, 0.2) is 21.5 Å². The number of nitrogens with zero attached hydrogens (tertiary/aromatic N) is 1. The van der Waals surface area contributed by atoms with Crippen LogP contribution < -0.4 is 5.73 Å². The molecule has 1 fully saturated rings. The second kappa shape index (κ2) is 5.01. The number of benzene rings is 1. The Kier molecular flexibility index (Phi) is 3.68. The van der Waals surface area contributed by atoms with Crippen LogP contribution in [0, 0.1) is 11.6 Å². The van der Waals surface area contributed by atoms with Gasteiger partial charge in [0.2, 0.25) is 0 Å². The van der Waals surface area contributed by atoms with Crippen LogP contribution >= 0.6 is 0 Å². The molecule has 1 unspecified atom stereocenters. The number of anilines is 1. The number of hydrogen-bond acceptors (Lipinski definition) is 4. The maximum absolute atomic E-state index is 13.2. The molecule has 1 aliphatic heterocycles. The molecule has 110 valence electrons. The Hall–Kier alpha value is -1.70. The van der Waals surface area contributed by atoms with Crippen molar-refractivity contribution in [3.8, 4) is 0 Å². The van der Waals surface area contributed by atoms with Gasteiger partial charge in [0.1, 0.15) is 0 Å². The lowest BCUT2D eigenvalue weighted by Crippen LogP contribution is -2.38.